The van der Waals surface area contributed by atoms with Crippen LogP contribution in [0.15, 0.2) is 35.4 Å². The molecule has 1 aliphatic carbocycles. The molecule has 4 nitrogen and oxygen atoms in total. The number of benzene rings is 1. The molecule has 2 rings (SSSR count). The third kappa shape index (κ3) is 4.73. The number of aliphatic hydroxyl groups excluding tert-OH is 1. The van der Waals surface area contributed by atoms with Crippen molar-refractivity contribution in [2.45, 2.75) is 58.3 Å². The number of rotatable bonds is 10. The first-order chi connectivity index (χ1) is 12.1. The fraction of sp³-hybridized carbons (Fsp3) is 0.476. The molecule has 0 bridgehead atoms. The highest BCUT2D eigenvalue weighted by Crippen LogP contribution is 2.27. The largest absolute Gasteiger partial charge is 0.396 e. The topological polar surface area (TPSA) is 71.4 Å². The molecule has 0 amide bonds. The van der Waals surface area contributed by atoms with Gasteiger partial charge in [-0.3, -0.25) is 14.4 Å². The number of fused-ring (bicyclic) bond motifs is 1. The van der Waals surface area contributed by atoms with E-state index < -0.39 is 0 Å². The van der Waals surface area contributed by atoms with Crippen molar-refractivity contribution in [2.24, 2.45) is 0 Å². The Morgan fingerprint density at radius 1 is 0.840 bits per heavy atom. The lowest BCUT2D eigenvalue weighted by atomic mass is 9.82. The number of allylic oxidation sites excluding steroid dienone is 2. The number of aliphatic hydroxyl groups is 1. The van der Waals surface area contributed by atoms with Gasteiger partial charge in [-0.25, -0.2) is 0 Å². The van der Waals surface area contributed by atoms with Crippen molar-refractivity contribution < 1.29 is 19.5 Å². The summed E-state index contributed by atoms with van der Waals surface area (Å²) in [5, 5.41) is 8.72. The minimum Gasteiger partial charge on any atom is -0.396 e. The molecule has 0 spiro atoms. The lowest BCUT2D eigenvalue weighted by molar-refractivity contribution is -0.115. The van der Waals surface area contributed by atoms with E-state index in [0.29, 0.717) is 17.5 Å². The third-order valence-corrected chi connectivity index (χ3v) is 4.70. The van der Waals surface area contributed by atoms with Crippen LogP contribution in [0.3, 0.4) is 0 Å². The van der Waals surface area contributed by atoms with Gasteiger partial charge in [0.25, 0.3) is 0 Å². The Morgan fingerprint density at radius 2 is 1.36 bits per heavy atom. The highest BCUT2D eigenvalue weighted by molar-refractivity contribution is 6.36. The number of hydrogen-bond donors (Lipinski definition) is 1. The van der Waals surface area contributed by atoms with E-state index in [2.05, 4.69) is 0 Å². The molecule has 0 aromatic heterocycles. The van der Waals surface area contributed by atoms with Gasteiger partial charge in [0.1, 0.15) is 0 Å². The number of carbonyl (C=O) groups excluding carboxylic acids is 3. The van der Waals surface area contributed by atoms with Crippen LogP contribution < -0.4 is 0 Å². The van der Waals surface area contributed by atoms with Crippen LogP contribution in [0, 0.1) is 0 Å². The van der Waals surface area contributed by atoms with Crippen molar-refractivity contribution in [1.82, 2.24) is 0 Å². The number of hydrogen-bond acceptors (Lipinski definition) is 4. The zero-order valence-electron chi connectivity index (χ0n) is 14.8. The maximum Gasteiger partial charge on any atom is 0.197 e. The minimum absolute atomic E-state index is 0.0756. The minimum atomic E-state index is -0.318. The Labute approximate surface area is 148 Å². The Morgan fingerprint density at radius 3 is 1.96 bits per heavy atom. The first-order valence-corrected chi connectivity index (χ1v) is 9.11. The van der Waals surface area contributed by atoms with Crippen LogP contribution in [0.5, 0.6) is 0 Å². The van der Waals surface area contributed by atoms with Crippen LogP contribution in [-0.2, 0) is 4.79 Å². The van der Waals surface area contributed by atoms with Gasteiger partial charge in [-0.15, -0.1) is 0 Å². The molecule has 1 aromatic carbocycles. The number of ketones is 3. The van der Waals surface area contributed by atoms with Gasteiger partial charge >= 0.3 is 0 Å². The Hall–Kier alpha value is -2.07. The summed E-state index contributed by atoms with van der Waals surface area (Å²) in [6, 6.07) is 6.69. The van der Waals surface area contributed by atoms with Gasteiger partial charge in [0.2, 0.25) is 0 Å². The molecule has 0 fully saturated rings. The fourth-order valence-electron chi connectivity index (χ4n) is 3.24. The molecule has 0 aliphatic heterocycles. The summed E-state index contributed by atoms with van der Waals surface area (Å²) in [7, 11) is 0. The number of Topliss-reactive ketones (excluding diaryl/α,β-unsaturated/α-hetero) is 3. The molecule has 1 aliphatic rings. The molecule has 0 unspecified atom stereocenters. The molecule has 0 heterocycles. The quantitative estimate of drug-likeness (QED) is 0.514. The van der Waals surface area contributed by atoms with Crippen LogP contribution in [-0.4, -0.2) is 29.1 Å². The van der Waals surface area contributed by atoms with Crippen molar-refractivity contribution >= 4 is 17.3 Å². The maximum atomic E-state index is 12.6. The average molecular weight is 342 g/mol. The van der Waals surface area contributed by atoms with E-state index in [0.717, 1.165) is 44.9 Å². The van der Waals surface area contributed by atoms with Gasteiger partial charge < -0.3 is 5.11 Å². The van der Waals surface area contributed by atoms with Gasteiger partial charge in [-0.2, -0.15) is 0 Å². The Kier molecular flexibility index (Phi) is 7.26. The van der Waals surface area contributed by atoms with E-state index in [1.165, 1.54) is 0 Å². The summed E-state index contributed by atoms with van der Waals surface area (Å²) in [5.74, 6) is -0.755. The van der Waals surface area contributed by atoms with E-state index in [-0.39, 0.29) is 35.1 Å². The molecule has 0 atom stereocenters. The second-order valence-electron chi connectivity index (χ2n) is 6.58. The van der Waals surface area contributed by atoms with Gasteiger partial charge in [0.05, 0.1) is 5.57 Å². The number of carbonyl (C=O) groups is 3. The predicted octanol–water partition coefficient (Wildman–Crippen LogP) is 4.06. The van der Waals surface area contributed by atoms with Crippen LogP contribution in [0.1, 0.15) is 79.0 Å². The average Bonchev–Trinajstić information content (AvgIpc) is 2.62. The Balaban J connectivity index is 1.88. The summed E-state index contributed by atoms with van der Waals surface area (Å²) in [4.78, 5) is 37.5. The zero-order valence-corrected chi connectivity index (χ0v) is 14.8. The molecular weight excluding hydrogens is 316 g/mol. The molecule has 1 N–H and O–H groups in total. The highest BCUT2D eigenvalue weighted by Gasteiger charge is 2.32. The summed E-state index contributed by atoms with van der Waals surface area (Å²) in [5.41, 5.74) is 1.08. The molecule has 0 radical (unpaired) electrons. The van der Waals surface area contributed by atoms with Gasteiger partial charge in [0.15, 0.2) is 17.3 Å². The van der Waals surface area contributed by atoms with E-state index in [4.69, 9.17) is 5.11 Å². The van der Waals surface area contributed by atoms with Gasteiger partial charge in [0, 0.05) is 29.7 Å². The van der Waals surface area contributed by atoms with Crippen LogP contribution in [0.25, 0.3) is 0 Å². The monoisotopic (exact) mass is 342 g/mol. The van der Waals surface area contributed by atoms with E-state index >= 15 is 0 Å². The zero-order chi connectivity index (χ0) is 18.2. The number of unbranched alkanes of at least 4 members (excludes halogenated alkanes) is 6. The summed E-state index contributed by atoms with van der Waals surface area (Å²) >= 11 is 0. The van der Waals surface area contributed by atoms with E-state index in [1.807, 2.05) is 0 Å². The third-order valence-electron chi connectivity index (χ3n) is 4.70. The van der Waals surface area contributed by atoms with E-state index in [9.17, 15) is 14.4 Å². The second kappa shape index (κ2) is 9.42. The molecule has 1 aromatic rings. The molecule has 0 saturated heterocycles. The first kappa shape index (κ1) is 19.3. The summed E-state index contributed by atoms with van der Waals surface area (Å²) in [6.07, 6.45) is 7.12. The normalized spacial score (nSPS) is 14.0. The fourth-order valence-corrected chi connectivity index (χ4v) is 3.24. The molecule has 4 heteroatoms. The lowest BCUT2D eigenvalue weighted by Crippen LogP contribution is -2.25. The van der Waals surface area contributed by atoms with Gasteiger partial charge in [-0.05, 0) is 19.8 Å². The Bertz CT molecular complexity index is 685. The van der Waals surface area contributed by atoms with Crippen molar-refractivity contribution in [3.63, 3.8) is 0 Å². The summed E-state index contributed by atoms with van der Waals surface area (Å²) in [6.45, 7) is 1.82. The van der Waals surface area contributed by atoms with Crippen LogP contribution in [0.4, 0.5) is 0 Å². The summed E-state index contributed by atoms with van der Waals surface area (Å²) < 4.78 is 0. The first-order valence-electron chi connectivity index (χ1n) is 9.11. The van der Waals surface area contributed by atoms with Crippen LogP contribution >= 0.6 is 0 Å². The lowest BCUT2D eigenvalue weighted by Gasteiger charge is -2.18. The standard InChI is InChI=1S/C21H26O4/c1-15-19(18(23)13-7-5-3-2-4-6-10-14-22)21(25)17-12-9-8-11-16(17)20(15)24/h8-9,11-12,22H,2-7,10,13-14H2,1H3. The van der Waals surface area contributed by atoms with Crippen molar-refractivity contribution in [1.29, 1.82) is 0 Å². The van der Waals surface area contributed by atoms with Crippen molar-refractivity contribution in [3.8, 4) is 0 Å². The smallest absolute Gasteiger partial charge is 0.197 e. The van der Waals surface area contributed by atoms with Gasteiger partial charge in [-0.1, -0.05) is 56.4 Å². The molecule has 25 heavy (non-hydrogen) atoms. The molecular formula is C21H26O4. The second-order valence-corrected chi connectivity index (χ2v) is 6.58. The molecule has 0 saturated carbocycles. The maximum absolute atomic E-state index is 12.6. The molecule has 134 valence electrons. The van der Waals surface area contributed by atoms with Crippen LogP contribution in [0.2, 0.25) is 0 Å². The predicted molar refractivity (Wildman–Crippen MR) is 96.8 cm³/mol. The SMILES string of the molecule is CC1=C(C(=O)CCCCCCCCCO)C(=O)c2ccccc2C1=O. The van der Waals surface area contributed by atoms with E-state index in [1.54, 1.807) is 31.2 Å². The highest BCUT2D eigenvalue weighted by atomic mass is 16.3. The van der Waals surface area contributed by atoms with Crippen molar-refractivity contribution in [2.75, 3.05) is 6.61 Å². The van der Waals surface area contributed by atoms with Crippen molar-refractivity contribution in [3.05, 3.63) is 46.5 Å².